The number of halogens is 4. The molecular weight excluding hydrogens is 380 g/mol. The predicted molar refractivity (Wildman–Crippen MR) is 84.4 cm³/mol. The molecule has 0 aliphatic heterocycles. The Labute approximate surface area is 145 Å². The summed E-state index contributed by atoms with van der Waals surface area (Å²) in [5.41, 5.74) is -1.61. The van der Waals surface area contributed by atoms with E-state index in [1.165, 1.54) is 24.3 Å². The molecule has 26 heavy (non-hydrogen) atoms. The van der Waals surface area contributed by atoms with Crippen LogP contribution in [0.5, 0.6) is 0 Å². The fraction of sp³-hybridized carbons (Fsp3) is 0.133. The van der Waals surface area contributed by atoms with Crippen LogP contribution in [0.25, 0.3) is 0 Å². The first-order valence-electron chi connectivity index (χ1n) is 6.93. The zero-order valence-electron chi connectivity index (χ0n) is 12.8. The second kappa shape index (κ2) is 7.30. The molecule has 2 rings (SSSR count). The number of aliphatic hydroxyl groups excluding tert-OH is 1. The Morgan fingerprint density at radius 1 is 1.08 bits per heavy atom. The molecule has 0 atom stereocenters. The van der Waals surface area contributed by atoms with Gasteiger partial charge in [0.25, 0.3) is 10.0 Å². The maximum Gasteiger partial charge on any atom is 0.419 e. The van der Waals surface area contributed by atoms with E-state index in [9.17, 15) is 30.8 Å². The summed E-state index contributed by atoms with van der Waals surface area (Å²) in [5, 5.41) is 10.9. The second-order valence-corrected chi connectivity index (χ2v) is 6.71. The summed E-state index contributed by atoms with van der Waals surface area (Å²) in [7, 11) is -4.44. The van der Waals surface area contributed by atoms with Crippen LogP contribution in [0.1, 0.15) is 5.56 Å². The molecule has 0 saturated heterocycles. The fourth-order valence-corrected chi connectivity index (χ4v) is 3.04. The largest absolute Gasteiger partial charge is 0.419 e. The topological polar surface area (TPSA) is 95.5 Å². The minimum atomic E-state index is -5.05. The Morgan fingerprint density at radius 3 is 2.35 bits per heavy atom. The van der Waals surface area contributed by atoms with E-state index in [2.05, 4.69) is 5.32 Å². The molecule has 2 aromatic carbocycles. The van der Waals surface area contributed by atoms with Crippen molar-refractivity contribution in [1.82, 2.24) is 0 Å². The molecule has 0 aliphatic carbocycles. The molecule has 1 amide bonds. The molecule has 0 bridgehead atoms. The van der Waals surface area contributed by atoms with Crippen LogP contribution in [-0.4, -0.2) is 26.0 Å². The number of hydrogen-bond acceptors (Lipinski definition) is 4. The second-order valence-electron chi connectivity index (χ2n) is 5.03. The molecule has 2 aromatic rings. The van der Waals surface area contributed by atoms with Crippen molar-refractivity contribution in [3.63, 3.8) is 0 Å². The van der Waals surface area contributed by atoms with Crippen LogP contribution in [-0.2, 0) is 21.0 Å². The lowest BCUT2D eigenvalue weighted by Gasteiger charge is -2.12. The Kier molecular flexibility index (Phi) is 5.52. The summed E-state index contributed by atoms with van der Waals surface area (Å²) in [6.45, 7) is -0.786. The highest BCUT2D eigenvalue weighted by molar-refractivity contribution is 7.92. The molecule has 0 radical (unpaired) electrons. The number of carbonyl (C=O) groups excluding carboxylic acids is 1. The third-order valence-electron chi connectivity index (χ3n) is 3.10. The van der Waals surface area contributed by atoms with Crippen LogP contribution in [0, 0.1) is 5.82 Å². The molecule has 3 N–H and O–H groups in total. The van der Waals surface area contributed by atoms with Gasteiger partial charge in [-0.15, -0.1) is 0 Å². The molecule has 0 unspecified atom stereocenters. The van der Waals surface area contributed by atoms with Crippen LogP contribution >= 0.6 is 0 Å². The molecule has 0 fully saturated rings. The van der Waals surface area contributed by atoms with Gasteiger partial charge in [-0.25, -0.2) is 12.8 Å². The van der Waals surface area contributed by atoms with Crippen molar-refractivity contribution in [2.75, 3.05) is 16.6 Å². The molecule has 0 spiro atoms. The van der Waals surface area contributed by atoms with Crippen molar-refractivity contribution in [3.8, 4) is 0 Å². The van der Waals surface area contributed by atoms with Gasteiger partial charge in [-0.3, -0.25) is 9.52 Å². The Hall–Kier alpha value is -2.66. The highest BCUT2D eigenvalue weighted by Crippen LogP contribution is 2.33. The fourth-order valence-electron chi connectivity index (χ4n) is 1.96. The van der Waals surface area contributed by atoms with Gasteiger partial charge in [0.2, 0.25) is 5.91 Å². The average molecular weight is 392 g/mol. The minimum Gasteiger partial charge on any atom is -0.387 e. The van der Waals surface area contributed by atoms with Crippen molar-refractivity contribution in [3.05, 3.63) is 53.8 Å². The summed E-state index contributed by atoms with van der Waals surface area (Å²) in [6.07, 6.45) is -5.05. The first kappa shape index (κ1) is 19.7. The van der Waals surface area contributed by atoms with Crippen LogP contribution in [0.3, 0.4) is 0 Å². The van der Waals surface area contributed by atoms with E-state index >= 15 is 0 Å². The normalized spacial score (nSPS) is 11.9. The number of amides is 1. The molecule has 11 heteroatoms. The number of aliphatic hydroxyl groups is 1. The Bertz CT molecular complexity index is 929. The van der Waals surface area contributed by atoms with Gasteiger partial charge in [-0.1, -0.05) is 6.07 Å². The molecule has 6 nitrogen and oxygen atoms in total. The summed E-state index contributed by atoms with van der Waals surface area (Å²) < 4.78 is 78.0. The first-order chi connectivity index (χ1) is 12.0. The first-order valence-corrected chi connectivity index (χ1v) is 8.41. The van der Waals surface area contributed by atoms with Crippen molar-refractivity contribution in [2.24, 2.45) is 0 Å². The number of alkyl halides is 3. The summed E-state index contributed by atoms with van der Waals surface area (Å²) in [5.74, 6) is -2.33. The number of carbonyl (C=O) groups is 1. The molecule has 0 saturated carbocycles. The lowest BCUT2D eigenvalue weighted by molar-refractivity contribution is -0.140. The maximum absolute atomic E-state index is 13.3. The van der Waals surface area contributed by atoms with Gasteiger partial charge in [-0.2, -0.15) is 13.2 Å². The van der Waals surface area contributed by atoms with Gasteiger partial charge in [0.1, 0.15) is 12.4 Å². The van der Waals surface area contributed by atoms with Gasteiger partial charge >= 0.3 is 6.18 Å². The predicted octanol–water partition coefficient (Wildman–Crippen LogP) is 2.58. The Balaban J connectivity index is 2.32. The number of benzene rings is 2. The number of anilines is 2. The third-order valence-corrected chi connectivity index (χ3v) is 4.47. The van der Waals surface area contributed by atoms with Crippen LogP contribution < -0.4 is 10.0 Å². The minimum absolute atomic E-state index is 0.0568. The molecule has 0 aliphatic rings. The van der Waals surface area contributed by atoms with E-state index in [0.29, 0.717) is 12.1 Å². The average Bonchev–Trinajstić information content (AvgIpc) is 2.53. The van der Waals surface area contributed by atoms with E-state index < -0.39 is 45.0 Å². The molecular formula is C15H12F4N2O4S. The summed E-state index contributed by atoms with van der Waals surface area (Å²) >= 11 is 0. The van der Waals surface area contributed by atoms with Gasteiger partial charge in [0.05, 0.1) is 16.1 Å². The Morgan fingerprint density at radius 2 is 1.73 bits per heavy atom. The zero-order chi connectivity index (χ0) is 19.5. The molecule has 140 valence electrons. The number of nitrogens with one attached hydrogen (secondary N) is 2. The highest BCUT2D eigenvalue weighted by Gasteiger charge is 2.35. The van der Waals surface area contributed by atoms with Crippen LogP contribution in [0.2, 0.25) is 0 Å². The quantitative estimate of drug-likeness (QED) is 0.682. The van der Waals surface area contributed by atoms with E-state index in [4.69, 9.17) is 5.11 Å². The highest BCUT2D eigenvalue weighted by atomic mass is 32.2. The van der Waals surface area contributed by atoms with Gasteiger partial charge < -0.3 is 10.4 Å². The van der Waals surface area contributed by atoms with E-state index in [0.717, 1.165) is 0 Å². The van der Waals surface area contributed by atoms with Crippen molar-refractivity contribution >= 4 is 27.3 Å². The van der Waals surface area contributed by atoms with Gasteiger partial charge in [0.15, 0.2) is 0 Å². The van der Waals surface area contributed by atoms with Crippen molar-refractivity contribution in [1.29, 1.82) is 0 Å². The number of rotatable bonds is 5. The van der Waals surface area contributed by atoms with Crippen LogP contribution in [0.4, 0.5) is 28.9 Å². The monoisotopic (exact) mass is 392 g/mol. The van der Waals surface area contributed by atoms with Crippen molar-refractivity contribution < 1.29 is 35.9 Å². The molecule has 0 aromatic heterocycles. The number of hydrogen-bond donors (Lipinski definition) is 3. The standard InChI is InChI=1S/C15H12F4N2O4S/c16-13-5-4-11(7-12(13)15(17,18)19)26(24,25)21-10-3-1-2-9(6-10)20-14(23)8-22/h1-7,21-22H,8H2,(H,20,23). The lowest BCUT2D eigenvalue weighted by atomic mass is 10.2. The number of sulfonamides is 1. The van der Waals surface area contributed by atoms with E-state index in [1.54, 1.807) is 0 Å². The van der Waals surface area contributed by atoms with Gasteiger partial charge in [-0.05, 0) is 36.4 Å². The molecule has 0 heterocycles. The lowest BCUT2D eigenvalue weighted by Crippen LogP contribution is -2.17. The van der Waals surface area contributed by atoms with E-state index in [1.807, 2.05) is 4.72 Å². The summed E-state index contributed by atoms with van der Waals surface area (Å²) in [4.78, 5) is 10.3. The summed E-state index contributed by atoms with van der Waals surface area (Å²) in [6, 6.07) is 6.57. The van der Waals surface area contributed by atoms with Crippen LogP contribution in [0.15, 0.2) is 47.4 Å². The third kappa shape index (κ3) is 4.70. The van der Waals surface area contributed by atoms with E-state index in [-0.39, 0.29) is 17.4 Å². The maximum atomic E-state index is 13.3. The zero-order valence-corrected chi connectivity index (χ0v) is 13.7. The smallest absolute Gasteiger partial charge is 0.387 e. The van der Waals surface area contributed by atoms with Gasteiger partial charge in [0, 0.05) is 5.69 Å². The van der Waals surface area contributed by atoms with Crippen molar-refractivity contribution in [2.45, 2.75) is 11.1 Å². The SMILES string of the molecule is O=C(CO)Nc1cccc(NS(=O)(=O)c2ccc(F)c(C(F)(F)F)c2)c1.